The van der Waals surface area contributed by atoms with Crippen molar-refractivity contribution < 1.29 is 38.6 Å². The Hall–Kier alpha value is -1.66. The highest BCUT2D eigenvalue weighted by molar-refractivity contribution is 7.46. The van der Waals surface area contributed by atoms with E-state index in [9.17, 15) is 24.4 Å². The molecule has 0 spiro atoms. The first-order valence-corrected chi connectivity index (χ1v) is 16.8. The number of ether oxygens (including phenoxy) is 1. The maximum Gasteiger partial charge on any atom is 0.469 e. The number of hydrogen-bond donors (Lipinski definition) is 5. The van der Waals surface area contributed by atoms with Crippen LogP contribution in [0.1, 0.15) is 122 Å². The van der Waals surface area contributed by atoms with Gasteiger partial charge in [0.25, 0.3) is 0 Å². The minimum absolute atomic E-state index is 0.0576. The summed E-state index contributed by atoms with van der Waals surface area (Å²) in [5.74, 6) is -0.190. The van der Waals surface area contributed by atoms with Crippen LogP contribution in [0.5, 0.6) is 0 Å². The molecule has 2 heterocycles. The lowest BCUT2D eigenvalue weighted by Gasteiger charge is -2.17. The molecule has 1 amide bonds. The van der Waals surface area contributed by atoms with Crippen molar-refractivity contribution in [1.82, 2.24) is 9.55 Å². The first-order chi connectivity index (χ1) is 19.6. The van der Waals surface area contributed by atoms with Gasteiger partial charge in [-0.2, -0.15) is 4.98 Å². The molecule has 0 radical (unpaired) electrons. The minimum Gasteiger partial charge on any atom is -0.387 e. The second-order valence-electron chi connectivity index (χ2n) is 10.9. The Kier molecular flexibility index (Phi) is 16.9. The molecule has 0 aliphatic carbocycles. The fourth-order valence-corrected chi connectivity index (χ4v) is 5.32. The Morgan fingerprint density at radius 2 is 1.44 bits per heavy atom. The van der Waals surface area contributed by atoms with E-state index in [4.69, 9.17) is 14.5 Å². The summed E-state index contributed by atoms with van der Waals surface area (Å²) in [6.07, 6.45) is 15.9. The molecule has 0 unspecified atom stereocenters. The lowest BCUT2D eigenvalue weighted by Crippen LogP contribution is -2.36. The van der Waals surface area contributed by atoms with Gasteiger partial charge in [0.1, 0.15) is 24.1 Å². The van der Waals surface area contributed by atoms with Gasteiger partial charge < -0.3 is 30.1 Å². The molecule has 1 saturated heterocycles. The van der Waals surface area contributed by atoms with E-state index in [-0.39, 0.29) is 11.7 Å². The summed E-state index contributed by atoms with van der Waals surface area (Å²) in [7, 11) is -4.81. The van der Waals surface area contributed by atoms with Crippen LogP contribution < -0.4 is 11.0 Å². The van der Waals surface area contributed by atoms with Gasteiger partial charge in [-0.25, -0.2) is 9.36 Å². The Balaban J connectivity index is 1.56. The molecule has 0 bridgehead atoms. The summed E-state index contributed by atoms with van der Waals surface area (Å²) in [6, 6.07) is 1.37. The zero-order valence-electron chi connectivity index (χ0n) is 24.4. The molecule has 1 aliphatic heterocycles. The van der Waals surface area contributed by atoms with Crippen LogP contribution in [0.3, 0.4) is 0 Å². The first kappa shape index (κ1) is 35.5. The molecule has 0 aromatic carbocycles. The molecule has 1 aromatic heterocycles. The predicted octanol–water partition coefficient (Wildman–Crippen LogP) is 4.56. The number of aromatic nitrogens is 2. The lowest BCUT2D eigenvalue weighted by molar-refractivity contribution is -0.116. The fraction of sp³-hybridized carbons (Fsp3) is 0.821. The summed E-state index contributed by atoms with van der Waals surface area (Å²) >= 11 is 0. The van der Waals surface area contributed by atoms with Crippen LogP contribution in [0.25, 0.3) is 0 Å². The van der Waals surface area contributed by atoms with Gasteiger partial charge >= 0.3 is 13.5 Å². The minimum atomic E-state index is -4.81. The number of carbonyl (C=O) groups excluding carboxylic acids is 1. The van der Waals surface area contributed by atoms with Crippen LogP contribution in [0.2, 0.25) is 0 Å². The number of phosphoric ester groups is 1. The third kappa shape index (κ3) is 14.4. The van der Waals surface area contributed by atoms with E-state index in [1.807, 2.05) is 0 Å². The maximum atomic E-state index is 12.5. The zero-order valence-corrected chi connectivity index (χ0v) is 25.3. The number of carbonyl (C=O) groups is 1. The normalized spacial score (nSPS) is 20.9. The summed E-state index contributed by atoms with van der Waals surface area (Å²) in [4.78, 5) is 46.2. The number of anilines is 1. The Morgan fingerprint density at radius 3 is 1.93 bits per heavy atom. The van der Waals surface area contributed by atoms with Gasteiger partial charge in [-0.05, 0) is 12.5 Å². The predicted molar refractivity (Wildman–Crippen MR) is 155 cm³/mol. The Labute approximate surface area is 243 Å². The lowest BCUT2D eigenvalue weighted by atomic mass is 10.0. The van der Waals surface area contributed by atoms with E-state index >= 15 is 0 Å². The van der Waals surface area contributed by atoms with Gasteiger partial charge in [-0.1, -0.05) is 103 Å². The van der Waals surface area contributed by atoms with Crippen LogP contribution in [-0.2, 0) is 18.6 Å². The van der Waals surface area contributed by atoms with Crippen LogP contribution in [-0.4, -0.2) is 60.4 Å². The molecule has 236 valence electrons. The monoisotopic (exact) mass is 603 g/mol. The van der Waals surface area contributed by atoms with Gasteiger partial charge in [0.2, 0.25) is 5.91 Å². The number of hydrogen-bond acceptors (Lipinski definition) is 8. The van der Waals surface area contributed by atoms with Gasteiger partial charge in [0.05, 0.1) is 6.61 Å². The standard InChI is InChI=1S/C28H50N3O9P/c1-2-3-4-5-6-7-8-9-10-11-12-13-14-15-16-17-18-24(32)29-23-19-20-31(28(35)30-23)27-26(34)25(33)22(40-27)21-39-41(36,37)38/h19-20,22,25-27,33-34H,2-18,21H2,1H3,(H2,36,37,38)(H,29,30,32,35)/t22-,25-,26-,27-/m1/s1. The largest absolute Gasteiger partial charge is 0.469 e. The number of rotatable bonds is 22. The van der Waals surface area contributed by atoms with E-state index in [1.165, 1.54) is 95.7 Å². The topological polar surface area (TPSA) is 180 Å². The van der Waals surface area contributed by atoms with Crippen molar-refractivity contribution in [2.24, 2.45) is 0 Å². The van der Waals surface area contributed by atoms with Gasteiger partial charge in [-0.3, -0.25) is 13.9 Å². The number of aliphatic hydroxyl groups excluding tert-OH is 2. The molecule has 0 saturated carbocycles. The number of amides is 1. The van der Waals surface area contributed by atoms with Crippen molar-refractivity contribution in [2.45, 2.75) is 141 Å². The van der Waals surface area contributed by atoms with E-state index in [2.05, 4.69) is 21.7 Å². The van der Waals surface area contributed by atoms with Crippen molar-refractivity contribution in [1.29, 1.82) is 0 Å². The first-order valence-electron chi connectivity index (χ1n) is 15.2. The highest BCUT2D eigenvalue weighted by Crippen LogP contribution is 2.38. The summed E-state index contributed by atoms with van der Waals surface area (Å²) in [5, 5.41) is 22.9. The average Bonchev–Trinajstić information content (AvgIpc) is 3.20. The van der Waals surface area contributed by atoms with E-state index in [1.54, 1.807) is 0 Å². The van der Waals surface area contributed by atoms with Crippen molar-refractivity contribution in [3.05, 3.63) is 22.7 Å². The summed E-state index contributed by atoms with van der Waals surface area (Å²) < 4.78 is 21.5. The smallest absolute Gasteiger partial charge is 0.387 e. The molecule has 5 N–H and O–H groups in total. The van der Waals surface area contributed by atoms with Crippen molar-refractivity contribution in [3.8, 4) is 0 Å². The zero-order chi connectivity index (χ0) is 30.1. The summed E-state index contributed by atoms with van der Waals surface area (Å²) in [6.45, 7) is 1.57. The average molecular weight is 604 g/mol. The second-order valence-corrected chi connectivity index (χ2v) is 12.2. The third-order valence-electron chi connectivity index (χ3n) is 7.37. The molecule has 4 atom stereocenters. The third-order valence-corrected chi connectivity index (χ3v) is 7.86. The molecule has 1 aromatic rings. The molecular weight excluding hydrogens is 553 g/mol. The van der Waals surface area contributed by atoms with E-state index < -0.39 is 44.7 Å². The molecule has 41 heavy (non-hydrogen) atoms. The molecule has 1 fully saturated rings. The van der Waals surface area contributed by atoms with Crippen molar-refractivity contribution >= 4 is 19.5 Å². The van der Waals surface area contributed by atoms with Gasteiger partial charge in [0.15, 0.2) is 6.23 Å². The van der Waals surface area contributed by atoms with Crippen LogP contribution >= 0.6 is 7.82 Å². The highest BCUT2D eigenvalue weighted by Gasteiger charge is 2.45. The fourth-order valence-electron chi connectivity index (χ4n) is 4.98. The Morgan fingerprint density at radius 1 is 0.927 bits per heavy atom. The second kappa shape index (κ2) is 19.5. The molecule has 2 rings (SSSR count). The van der Waals surface area contributed by atoms with Gasteiger partial charge in [-0.15, -0.1) is 0 Å². The maximum absolute atomic E-state index is 12.5. The summed E-state index contributed by atoms with van der Waals surface area (Å²) in [5.41, 5.74) is -0.835. The van der Waals surface area contributed by atoms with E-state index in [0.29, 0.717) is 6.42 Å². The van der Waals surface area contributed by atoms with Crippen molar-refractivity contribution in [3.63, 3.8) is 0 Å². The van der Waals surface area contributed by atoms with Crippen LogP contribution in [0.4, 0.5) is 5.82 Å². The molecule has 13 heteroatoms. The Bertz CT molecular complexity index is 987. The van der Waals surface area contributed by atoms with Gasteiger partial charge in [0, 0.05) is 12.6 Å². The SMILES string of the molecule is CCCCCCCCCCCCCCCCCCC(=O)Nc1ccn([C@@H]2O[C@H](COP(=O)(O)O)[C@@H](O)[C@H]2O)c(=O)n1. The number of nitrogens with one attached hydrogen (secondary N) is 1. The number of phosphoric acid groups is 1. The molecule has 1 aliphatic rings. The number of nitrogens with zero attached hydrogens (tertiary/aromatic N) is 2. The molecular formula is C28H50N3O9P. The van der Waals surface area contributed by atoms with Crippen LogP contribution in [0.15, 0.2) is 17.1 Å². The quantitative estimate of drug-likeness (QED) is 0.0931. The van der Waals surface area contributed by atoms with Crippen molar-refractivity contribution in [2.75, 3.05) is 11.9 Å². The highest BCUT2D eigenvalue weighted by atomic mass is 31.2. The molecule has 12 nitrogen and oxygen atoms in total. The van der Waals surface area contributed by atoms with Crippen LogP contribution in [0, 0.1) is 0 Å². The number of aliphatic hydroxyl groups is 2. The number of unbranched alkanes of at least 4 members (excludes halogenated alkanes) is 15. The van der Waals surface area contributed by atoms with E-state index in [0.717, 1.165) is 23.8 Å².